The summed E-state index contributed by atoms with van der Waals surface area (Å²) in [7, 11) is -3.09. The monoisotopic (exact) mass is 222 g/mol. The molecular formula is C9H19O4P. The summed E-state index contributed by atoms with van der Waals surface area (Å²) < 4.78 is 22.3. The lowest BCUT2D eigenvalue weighted by atomic mass is 10.2. The van der Waals surface area contributed by atoms with E-state index in [0.717, 1.165) is 0 Å². The van der Waals surface area contributed by atoms with Gasteiger partial charge in [0, 0.05) is 6.42 Å². The smallest absolute Gasteiger partial charge is 0.309 e. The van der Waals surface area contributed by atoms with E-state index in [4.69, 9.17) is 9.05 Å². The van der Waals surface area contributed by atoms with E-state index >= 15 is 0 Å². The molecule has 0 aromatic rings. The minimum Gasteiger partial charge on any atom is -0.309 e. The van der Waals surface area contributed by atoms with E-state index in [1.54, 1.807) is 20.8 Å². The number of hydrogen-bond acceptors (Lipinski definition) is 4. The number of rotatable bonds is 7. The van der Waals surface area contributed by atoms with E-state index in [1.807, 2.05) is 0 Å². The normalized spacial score (nSPS) is 14.0. The Kier molecular flexibility index (Phi) is 6.25. The Morgan fingerprint density at radius 1 is 1.29 bits per heavy atom. The van der Waals surface area contributed by atoms with Crippen molar-refractivity contribution >= 4 is 13.4 Å². The van der Waals surface area contributed by atoms with Crippen LogP contribution in [0.25, 0.3) is 0 Å². The molecule has 0 radical (unpaired) electrons. The van der Waals surface area contributed by atoms with E-state index in [1.165, 1.54) is 6.92 Å². The van der Waals surface area contributed by atoms with Gasteiger partial charge in [-0.05, 0) is 20.8 Å². The van der Waals surface area contributed by atoms with Crippen molar-refractivity contribution in [1.82, 2.24) is 0 Å². The second-order valence-electron chi connectivity index (χ2n) is 3.13. The van der Waals surface area contributed by atoms with Crippen LogP contribution in [0, 0.1) is 0 Å². The maximum atomic E-state index is 12.1. The van der Waals surface area contributed by atoms with E-state index in [0.29, 0.717) is 13.2 Å². The maximum absolute atomic E-state index is 12.1. The van der Waals surface area contributed by atoms with Crippen LogP contribution in [0.5, 0.6) is 0 Å². The van der Waals surface area contributed by atoms with Crippen LogP contribution in [-0.2, 0) is 18.4 Å². The molecule has 0 fully saturated rings. The molecule has 1 unspecified atom stereocenters. The Morgan fingerprint density at radius 2 is 1.71 bits per heavy atom. The van der Waals surface area contributed by atoms with Gasteiger partial charge >= 0.3 is 7.60 Å². The SMILES string of the molecule is CCOP(=O)(OCC)C(C)CC(C)=O. The van der Waals surface area contributed by atoms with Gasteiger partial charge in [-0.1, -0.05) is 6.92 Å². The number of carbonyl (C=O) groups is 1. The average molecular weight is 222 g/mol. The van der Waals surface area contributed by atoms with E-state index in [-0.39, 0.29) is 17.9 Å². The molecule has 84 valence electrons. The van der Waals surface area contributed by atoms with Crippen molar-refractivity contribution < 1.29 is 18.4 Å². The largest absolute Gasteiger partial charge is 0.333 e. The summed E-state index contributed by atoms with van der Waals surface area (Å²) in [6.07, 6.45) is 0.233. The summed E-state index contributed by atoms with van der Waals surface area (Å²) in [6.45, 7) is 7.36. The number of ketones is 1. The Bertz CT molecular complexity index is 217. The first kappa shape index (κ1) is 13.8. The molecule has 0 aliphatic rings. The first-order valence-corrected chi connectivity index (χ1v) is 6.45. The fraction of sp³-hybridized carbons (Fsp3) is 0.889. The first-order chi connectivity index (χ1) is 6.46. The van der Waals surface area contributed by atoms with Gasteiger partial charge in [-0.3, -0.25) is 4.57 Å². The Balaban J connectivity index is 4.46. The topological polar surface area (TPSA) is 52.6 Å². The number of carbonyl (C=O) groups excluding carboxylic acids is 1. The highest BCUT2D eigenvalue weighted by atomic mass is 31.2. The van der Waals surface area contributed by atoms with E-state index in [9.17, 15) is 9.36 Å². The third kappa shape index (κ3) is 4.36. The lowest BCUT2D eigenvalue weighted by Gasteiger charge is -2.22. The summed E-state index contributed by atoms with van der Waals surface area (Å²) >= 11 is 0. The molecule has 14 heavy (non-hydrogen) atoms. The number of hydrogen-bond donors (Lipinski definition) is 0. The van der Waals surface area contributed by atoms with Gasteiger partial charge in [0.15, 0.2) is 0 Å². The van der Waals surface area contributed by atoms with Crippen molar-refractivity contribution in [2.45, 2.75) is 39.8 Å². The fourth-order valence-corrected chi connectivity index (χ4v) is 2.96. The molecule has 0 N–H and O–H groups in total. The Hall–Kier alpha value is -0.180. The molecule has 0 aromatic carbocycles. The molecule has 0 rings (SSSR count). The van der Waals surface area contributed by atoms with Crippen LogP contribution in [-0.4, -0.2) is 24.7 Å². The first-order valence-electron chi connectivity index (χ1n) is 4.84. The van der Waals surface area contributed by atoms with Gasteiger partial charge in [0.1, 0.15) is 5.78 Å². The zero-order valence-corrected chi connectivity index (χ0v) is 10.2. The third-order valence-electron chi connectivity index (χ3n) is 1.74. The van der Waals surface area contributed by atoms with E-state index < -0.39 is 7.60 Å². The van der Waals surface area contributed by atoms with Crippen molar-refractivity contribution in [2.75, 3.05) is 13.2 Å². The van der Waals surface area contributed by atoms with Crippen molar-refractivity contribution in [3.8, 4) is 0 Å². The lowest BCUT2D eigenvalue weighted by Crippen LogP contribution is -2.13. The fourth-order valence-electron chi connectivity index (χ4n) is 1.18. The zero-order valence-electron chi connectivity index (χ0n) is 9.28. The Labute approximate surface area is 85.5 Å². The van der Waals surface area contributed by atoms with Crippen LogP contribution in [0.1, 0.15) is 34.1 Å². The predicted molar refractivity (Wildman–Crippen MR) is 55.6 cm³/mol. The van der Waals surface area contributed by atoms with Crippen molar-refractivity contribution in [1.29, 1.82) is 0 Å². The molecule has 0 aromatic heterocycles. The molecule has 0 aliphatic heterocycles. The lowest BCUT2D eigenvalue weighted by molar-refractivity contribution is -0.117. The molecule has 0 aliphatic carbocycles. The Morgan fingerprint density at radius 3 is 2.00 bits per heavy atom. The van der Waals surface area contributed by atoms with Gasteiger partial charge in [0.25, 0.3) is 0 Å². The van der Waals surface area contributed by atoms with Gasteiger partial charge in [0.2, 0.25) is 0 Å². The van der Waals surface area contributed by atoms with Crippen molar-refractivity contribution in [3.63, 3.8) is 0 Å². The van der Waals surface area contributed by atoms with Crippen LogP contribution in [0.3, 0.4) is 0 Å². The minimum atomic E-state index is -3.09. The van der Waals surface area contributed by atoms with Crippen LogP contribution in [0.15, 0.2) is 0 Å². The molecular weight excluding hydrogens is 203 g/mol. The summed E-state index contributed by atoms with van der Waals surface area (Å²) in [5, 5.41) is 0. The second kappa shape index (κ2) is 6.33. The summed E-state index contributed by atoms with van der Waals surface area (Å²) in [5.74, 6) is -0.00266. The van der Waals surface area contributed by atoms with Gasteiger partial charge in [0.05, 0.1) is 18.9 Å². The van der Waals surface area contributed by atoms with Crippen LogP contribution in [0.2, 0.25) is 0 Å². The highest BCUT2D eigenvalue weighted by Gasteiger charge is 2.32. The van der Waals surface area contributed by atoms with Crippen LogP contribution < -0.4 is 0 Å². The molecule has 0 heterocycles. The van der Waals surface area contributed by atoms with Crippen molar-refractivity contribution in [3.05, 3.63) is 0 Å². The van der Waals surface area contributed by atoms with Gasteiger partial charge in [-0.25, -0.2) is 0 Å². The summed E-state index contributed by atoms with van der Waals surface area (Å²) in [5.41, 5.74) is -0.361. The molecule has 0 saturated heterocycles. The molecule has 5 heteroatoms. The number of Topliss-reactive ketones (excluding diaryl/α,β-unsaturated/α-hetero) is 1. The molecule has 1 atom stereocenters. The zero-order chi connectivity index (χ0) is 11.2. The van der Waals surface area contributed by atoms with Crippen LogP contribution >= 0.6 is 7.60 Å². The van der Waals surface area contributed by atoms with E-state index in [2.05, 4.69) is 0 Å². The van der Waals surface area contributed by atoms with Crippen molar-refractivity contribution in [2.24, 2.45) is 0 Å². The third-order valence-corrected chi connectivity index (χ3v) is 4.24. The van der Waals surface area contributed by atoms with Crippen LogP contribution in [0.4, 0.5) is 0 Å². The molecule has 0 amide bonds. The molecule has 4 nitrogen and oxygen atoms in total. The van der Waals surface area contributed by atoms with Gasteiger partial charge in [-0.15, -0.1) is 0 Å². The minimum absolute atomic E-state index is 0.00266. The quantitative estimate of drug-likeness (QED) is 0.621. The highest BCUT2D eigenvalue weighted by Crippen LogP contribution is 2.53. The maximum Gasteiger partial charge on any atom is 0.333 e. The van der Waals surface area contributed by atoms with Gasteiger partial charge in [-0.2, -0.15) is 0 Å². The second-order valence-corrected chi connectivity index (χ2v) is 5.61. The summed E-state index contributed by atoms with van der Waals surface area (Å²) in [6, 6.07) is 0. The molecule has 0 spiro atoms. The molecule has 0 bridgehead atoms. The summed E-state index contributed by atoms with van der Waals surface area (Å²) in [4.78, 5) is 10.9. The standard InChI is InChI=1S/C9H19O4P/c1-5-12-14(11,13-6-2)9(4)7-8(3)10/h9H,5-7H2,1-4H3. The predicted octanol–water partition coefficient (Wildman–Crippen LogP) is 2.62. The molecule has 0 saturated carbocycles. The average Bonchev–Trinajstić information content (AvgIpc) is 2.03. The highest BCUT2D eigenvalue weighted by molar-refractivity contribution is 7.54. The van der Waals surface area contributed by atoms with Gasteiger partial charge < -0.3 is 13.8 Å².